The van der Waals surface area contributed by atoms with Gasteiger partial charge in [0.05, 0.1) is 17.3 Å². The van der Waals surface area contributed by atoms with Gasteiger partial charge < -0.3 is 10.6 Å². The predicted molar refractivity (Wildman–Crippen MR) is 108 cm³/mol. The van der Waals surface area contributed by atoms with E-state index in [-0.39, 0.29) is 17.9 Å². The van der Waals surface area contributed by atoms with Crippen molar-refractivity contribution in [3.63, 3.8) is 0 Å². The Morgan fingerprint density at radius 2 is 1.33 bits per heavy atom. The Balaban J connectivity index is 1.78. The van der Waals surface area contributed by atoms with Crippen molar-refractivity contribution >= 4 is 17.5 Å². The second-order valence-electron chi connectivity index (χ2n) is 6.42. The molecule has 0 aliphatic rings. The smallest absolute Gasteiger partial charge is 0.255 e. The van der Waals surface area contributed by atoms with E-state index >= 15 is 0 Å². The minimum Gasteiger partial charge on any atom is -0.345 e. The van der Waals surface area contributed by atoms with Gasteiger partial charge in [0.25, 0.3) is 11.8 Å². The van der Waals surface area contributed by atoms with Crippen LogP contribution in [0.2, 0.25) is 0 Å². The van der Waals surface area contributed by atoms with Gasteiger partial charge in [-0.1, -0.05) is 60.7 Å². The van der Waals surface area contributed by atoms with Crippen LogP contribution in [-0.2, 0) is 0 Å². The lowest BCUT2D eigenvalue weighted by molar-refractivity contribution is 0.0941. The summed E-state index contributed by atoms with van der Waals surface area (Å²) >= 11 is 0. The van der Waals surface area contributed by atoms with Crippen LogP contribution in [0.5, 0.6) is 0 Å². The molecule has 3 rings (SSSR count). The second-order valence-corrected chi connectivity index (χ2v) is 6.42. The highest BCUT2D eigenvalue weighted by Crippen LogP contribution is 2.19. The molecular formula is C23H22N2O2. The summed E-state index contributed by atoms with van der Waals surface area (Å²) in [6, 6.07) is 24.0. The Morgan fingerprint density at radius 3 is 2.04 bits per heavy atom. The molecule has 3 aromatic rings. The van der Waals surface area contributed by atoms with Gasteiger partial charge in [0.15, 0.2) is 0 Å². The highest BCUT2D eigenvalue weighted by Gasteiger charge is 2.17. The molecule has 0 heterocycles. The van der Waals surface area contributed by atoms with Crippen LogP contribution >= 0.6 is 0 Å². The summed E-state index contributed by atoms with van der Waals surface area (Å²) in [5.41, 5.74) is 3.41. The molecule has 1 atom stereocenters. The van der Waals surface area contributed by atoms with Gasteiger partial charge in [0, 0.05) is 5.56 Å². The molecule has 0 saturated carbocycles. The Labute approximate surface area is 159 Å². The minimum atomic E-state index is -0.232. The average molecular weight is 358 g/mol. The van der Waals surface area contributed by atoms with Crippen molar-refractivity contribution in [1.29, 1.82) is 0 Å². The van der Waals surface area contributed by atoms with E-state index in [1.54, 1.807) is 30.3 Å². The molecule has 0 aromatic heterocycles. The van der Waals surface area contributed by atoms with E-state index in [0.717, 1.165) is 11.1 Å². The predicted octanol–water partition coefficient (Wildman–Crippen LogP) is 4.74. The number of anilines is 1. The molecule has 0 radical (unpaired) electrons. The van der Waals surface area contributed by atoms with Gasteiger partial charge >= 0.3 is 0 Å². The highest BCUT2D eigenvalue weighted by atomic mass is 16.2. The zero-order valence-corrected chi connectivity index (χ0v) is 15.4. The molecule has 0 aliphatic heterocycles. The fourth-order valence-corrected chi connectivity index (χ4v) is 2.91. The molecular weight excluding hydrogens is 336 g/mol. The first-order valence-electron chi connectivity index (χ1n) is 8.88. The summed E-state index contributed by atoms with van der Waals surface area (Å²) in [4.78, 5) is 25.4. The van der Waals surface area contributed by atoms with Crippen LogP contribution in [0, 0.1) is 6.92 Å². The van der Waals surface area contributed by atoms with Gasteiger partial charge in [-0.3, -0.25) is 9.59 Å². The fraction of sp³-hybridized carbons (Fsp3) is 0.130. The Kier molecular flexibility index (Phi) is 5.67. The quantitative estimate of drug-likeness (QED) is 0.692. The Morgan fingerprint density at radius 1 is 0.741 bits per heavy atom. The zero-order valence-electron chi connectivity index (χ0n) is 15.4. The third-order valence-corrected chi connectivity index (χ3v) is 4.46. The van der Waals surface area contributed by atoms with E-state index in [0.29, 0.717) is 16.8 Å². The van der Waals surface area contributed by atoms with Crippen LogP contribution in [0.15, 0.2) is 78.9 Å². The van der Waals surface area contributed by atoms with Gasteiger partial charge in [0.1, 0.15) is 0 Å². The normalized spacial score (nSPS) is 11.5. The monoisotopic (exact) mass is 358 g/mol. The lowest BCUT2D eigenvalue weighted by atomic mass is 10.1. The SMILES string of the molecule is Cc1ccccc1C(=O)Nc1ccccc1C(=O)N[C@@H](C)c1ccccc1. The van der Waals surface area contributed by atoms with Crippen molar-refractivity contribution < 1.29 is 9.59 Å². The van der Waals surface area contributed by atoms with Crippen LogP contribution in [0.25, 0.3) is 0 Å². The summed E-state index contributed by atoms with van der Waals surface area (Å²) in [6.45, 7) is 3.82. The maximum Gasteiger partial charge on any atom is 0.255 e. The summed E-state index contributed by atoms with van der Waals surface area (Å²) < 4.78 is 0. The van der Waals surface area contributed by atoms with Gasteiger partial charge in [-0.05, 0) is 43.2 Å². The van der Waals surface area contributed by atoms with Crippen LogP contribution in [0.3, 0.4) is 0 Å². The van der Waals surface area contributed by atoms with Crippen molar-refractivity contribution in [1.82, 2.24) is 5.32 Å². The van der Waals surface area contributed by atoms with Gasteiger partial charge in [-0.15, -0.1) is 0 Å². The van der Waals surface area contributed by atoms with Crippen LogP contribution < -0.4 is 10.6 Å². The third kappa shape index (κ3) is 4.42. The third-order valence-electron chi connectivity index (χ3n) is 4.46. The first kappa shape index (κ1) is 18.4. The van der Waals surface area contributed by atoms with E-state index in [4.69, 9.17) is 0 Å². The molecule has 0 bridgehead atoms. The molecule has 3 aromatic carbocycles. The van der Waals surface area contributed by atoms with E-state index in [9.17, 15) is 9.59 Å². The summed E-state index contributed by atoms with van der Waals surface area (Å²) in [7, 11) is 0. The molecule has 4 heteroatoms. The van der Waals surface area contributed by atoms with Crippen molar-refractivity contribution in [2.75, 3.05) is 5.32 Å². The number of benzene rings is 3. The fourth-order valence-electron chi connectivity index (χ4n) is 2.91. The lowest BCUT2D eigenvalue weighted by Gasteiger charge is -2.16. The van der Waals surface area contributed by atoms with E-state index in [1.807, 2.05) is 62.4 Å². The lowest BCUT2D eigenvalue weighted by Crippen LogP contribution is -2.28. The molecule has 2 amide bonds. The molecule has 27 heavy (non-hydrogen) atoms. The molecule has 0 saturated heterocycles. The van der Waals surface area contributed by atoms with E-state index < -0.39 is 0 Å². The number of nitrogens with one attached hydrogen (secondary N) is 2. The topological polar surface area (TPSA) is 58.2 Å². The van der Waals surface area contributed by atoms with Crippen LogP contribution in [0.1, 0.15) is 44.8 Å². The Bertz CT molecular complexity index is 951. The summed E-state index contributed by atoms with van der Waals surface area (Å²) in [5, 5.41) is 5.85. The highest BCUT2D eigenvalue weighted by molar-refractivity contribution is 6.09. The molecule has 136 valence electrons. The Hall–Kier alpha value is -3.40. The molecule has 0 fully saturated rings. The standard InChI is InChI=1S/C23H22N2O2/c1-16-10-6-7-13-19(16)22(26)25-21-15-9-8-14-20(21)23(27)24-17(2)18-11-4-3-5-12-18/h3-15,17H,1-2H3,(H,24,27)(H,25,26)/t17-/m0/s1. The number of hydrogen-bond acceptors (Lipinski definition) is 2. The zero-order chi connectivity index (χ0) is 19.2. The van der Waals surface area contributed by atoms with Crippen LogP contribution in [-0.4, -0.2) is 11.8 Å². The first-order valence-corrected chi connectivity index (χ1v) is 8.88. The van der Waals surface area contributed by atoms with E-state index in [1.165, 1.54) is 0 Å². The second kappa shape index (κ2) is 8.32. The van der Waals surface area contributed by atoms with Crippen molar-refractivity contribution in [2.45, 2.75) is 19.9 Å². The first-order chi connectivity index (χ1) is 13.1. The molecule has 0 aliphatic carbocycles. The maximum atomic E-state index is 12.8. The number of carbonyl (C=O) groups excluding carboxylic acids is 2. The minimum absolute atomic E-state index is 0.140. The average Bonchev–Trinajstić information content (AvgIpc) is 2.69. The van der Waals surface area contributed by atoms with Gasteiger partial charge in [-0.2, -0.15) is 0 Å². The largest absolute Gasteiger partial charge is 0.345 e. The number of amides is 2. The van der Waals surface area contributed by atoms with Crippen LogP contribution in [0.4, 0.5) is 5.69 Å². The number of rotatable bonds is 5. The molecule has 0 spiro atoms. The molecule has 2 N–H and O–H groups in total. The van der Waals surface area contributed by atoms with Gasteiger partial charge in [-0.25, -0.2) is 0 Å². The van der Waals surface area contributed by atoms with Crippen molar-refractivity contribution in [3.05, 3.63) is 101 Å². The van der Waals surface area contributed by atoms with Gasteiger partial charge in [0.2, 0.25) is 0 Å². The molecule has 4 nitrogen and oxygen atoms in total. The van der Waals surface area contributed by atoms with Crippen molar-refractivity contribution in [2.24, 2.45) is 0 Å². The number of carbonyl (C=O) groups is 2. The van der Waals surface area contributed by atoms with E-state index in [2.05, 4.69) is 10.6 Å². The maximum absolute atomic E-state index is 12.8. The number of aryl methyl sites for hydroxylation is 1. The molecule has 0 unspecified atom stereocenters. The van der Waals surface area contributed by atoms with Crippen molar-refractivity contribution in [3.8, 4) is 0 Å². The number of para-hydroxylation sites is 1. The summed E-state index contributed by atoms with van der Waals surface area (Å²) in [5.74, 6) is -0.462. The number of hydrogen-bond donors (Lipinski definition) is 2. The summed E-state index contributed by atoms with van der Waals surface area (Å²) in [6.07, 6.45) is 0.